The Morgan fingerprint density at radius 1 is 1.06 bits per heavy atom. The van der Waals surface area contributed by atoms with Crippen LogP contribution in [-0.2, 0) is 42.7 Å². The summed E-state index contributed by atoms with van der Waals surface area (Å²) in [4.78, 5) is 39.5. The third kappa shape index (κ3) is 4.38. The molecule has 2 aromatic carbocycles. The van der Waals surface area contributed by atoms with Crippen LogP contribution in [0, 0.1) is 0 Å². The first-order chi connectivity index (χ1) is 17.2. The maximum Gasteiger partial charge on any atom is 0.325 e. The van der Waals surface area contributed by atoms with E-state index in [-0.39, 0.29) is 18.0 Å². The van der Waals surface area contributed by atoms with Crippen LogP contribution >= 0.6 is 0 Å². The monoisotopic (exact) mass is 512 g/mol. The maximum absolute atomic E-state index is 13.2. The summed E-state index contributed by atoms with van der Waals surface area (Å²) in [6, 6.07) is 11.0. The van der Waals surface area contributed by atoms with Crippen molar-refractivity contribution in [1.29, 1.82) is 0 Å². The number of rotatable bonds is 6. The van der Waals surface area contributed by atoms with Crippen LogP contribution in [0.3, 0.4) is 0 Å². The number of amides is 4. The number of carbonyl (C=O) groups is 3. The largest absolute Gasteiger partial charge is 0.379 e. The Hall–Kier alpha value is -3.28. The van der Waals surface area contributed by atoms with Crippen molar-refractivity contribution in [3.63, 3.8) is 0 Å². The molecular weight excluding hydrogens is 484 g/mol. The number of carbonyl (C=O) groups excluding carboxylic acids is 3. The van der Waals surface area contributed by atoms with Gasteiger partial charge in [0.25, 0.3) is 5.91 Å². The highest BCUT2D eigenvalue weighted by atomic mass is 32.2. The van der Waals surface area contributed by atoms with Gasteiger partial charge in [0.2, 0.25) is 15.9 Å². The van der Waals surface area contributed by atoms with E-state index in [1.54, 1.807) is 6.92 Å². The second kappa shape index (κ2) is 9.30. The fourth-order valence-electron chi connectivity index (χ4n) is 4.91. The molecule has 11 heteroatoms. The van der Waals surface area contributed by atoms with Crippen LogP contribution in [0.25, 0.3) is 0 Å². The summed E-state index contributed by atoms with van der Waals surface area (Å²) in [5.41, 5.74) is 2.26. The molecule has 2 N–H and O–H groups in total. The molecule has 3 aliphatic rings. The number of sulfonamides is 1. The molecule has 5 rings (SSSR count). The second-order valence-corrected chi connectivity index (χ2v) is 11.3. The topological polar surface area (TPSA) is 125 Å². The zero-order valence-electron chi connectivity index (χ0n) is 20.0. The summed E-state index contributed by atoms with van der Waals surface area (Å²) in [5.74, 6) is -1.06. The predicted octanol–water partition coefficient (Wildman–Crippen LogP) is 1.60. The molecule has 2 heterocycles. The molecule has 0 aromatic heterocycles. The van der Waals surface area contributed by atoms with Crippen LogP contribution in [0.4, 0.5) is 10.5 Å². The molecule has 0 unspecified atom stereocenters. The quantitative estimate of drug-likeness (QED) is 0.567. The van der Waals surface area contributed by atoms with E-state index in [2.05, 4.69) is 10.6 Å². The molecule has 2 fully saturated rings. The zero-order chi connectivity index (χ0) is 25.5. The van der Waals surface area contributed by atoms with E-state index in [1.807, 2.05) is 18.2 Å². The SMILES string of the molecule is C[C@@]1(c2ccc3c(c2)CCC3)NC(=O)N(CC(=O)Nc2ccc(S(=O)(=O)N3CCOCC3)cc2)C1=O. The van der Waals surface area contributed by atoms with Crippen molar-refractivity contribution in [3.8, 4) is 0 Å². The molecule has 0 radical (unpaired) electrons. The first-order valence-electron chi connectivity index (χ1n) is 11.9. The summed E-state index contributed by atoms with van der Waals surface area (Å²) in [6.07, 6.45) is 3.03. The minimum atomic E-state index is -3.65. The molecule has 2 aliphatic heterocycles. The number of fused-ring (bicyclic) bond motifs is 1. The highest BCUT2D eigenvalue weighted by molar-refractivity contribution is 7.89. The summed E-state index contributed by atoms with van der Waals surface area (Å²) >= 11 is 0. The standard InChI is InChI=1S/C25H28N4O6S/c1-25(19-6-5-17-3-2-4-18(17)15-19)23(31)29(24(32)27-25)16-22(30)26-20-7-9-21(10-8-20)36(33,34)28-11-13-35-14-12-28/h5-10,15H,2-4,11-14,16H2,1H3,(H,26,30)(H,27,32)/t25-/m0/s1. The highest BCUT2D eigenvalue weighted by Gasteiger charge is 2.49. The molecule has 0 saturated carbocycles. The van der Waals surface area contributed by atoms with Crippen LogP contribution in [-0.4, -0.2) is 68.3 Å². The van der Waals surface area contributed by atoms with Crippen molar-refractivity contribution >= 4 is 33.6 Å². The van der Waals surface area contributed by atoms with Gasteiger partial charge >= 0.3 is 6.03 Å². The Labute approximate surface area is 209 Å². The number of urea groups is 1. The van der Waals surface area contributed by atoms with Crippen LogP contribution in [0.1, 0.15) is 30.0 Å². The first-order valence-corrected chi connectivity index (χ1v) is 13.4. The zero-order valence-corrected chi connectivity index (χ0v) is 20.8. The van der Waals surface area contributed by atoms with Crippen molar-refractivity contribution in [2.24, 2.45) is 0 Å². The van der Waals surface area contributed by atoms with Crippen molar-refractivity contribution in [1.82, 2.24) is 14.5 Å². The molecule has 2 aromatic rings. The van der Waals surface area contributed by atoms with E-state index < -0.39 is 40.0 Å². The minimum Gasteiger partial charge on any atom is -0.379 e. The Bertz CT molecular complexity index is 1320. The summed E-state index contributed by atoms with van der Waals surface area (Å²) in [5, 5.41) is 5.37. The fourth-order valence-corrected chi connectivity index (χ4v) is 6.32. The smallest absolute Gasteiger partial charge is 0.325 e. The number of nitrogens with one attached hydrogen (secondary N) is 2. The minimum absolute atomic E-state index is 0.113. The van der Waals surface area contributed by atoms with Crippen LogP contribution < -0.4 is 10.6 Å². The number of nitrogens with zero attached hydrogens (tertiary/aromatic N) is 2. The van der Waals surface area contributed by atoms with E-state index >= 15 is 0 Å². The lowest BCUT2D eigenvalue weighted by Crippen LogP contribution is -2.42. The van der Waals surface area contributed by atoms with Gasteiger partial charge in [-0.2, -0.15) is 4.31 Å². The Morgan fingerprint density at radius 2 is 1.75 bits per heavy atom. The molecule has 0 bridgehead atoms. The number of imide groups is 1. The lowest BCUT2D eigenvalue weighted by atomic mass is 9.89. The molecule has 2 saturated heterocycles. The lowest BCUT2D eigenvalue weighted by Gasteiger charge is -2.26. The second-order valence-electron chi connectivity index (χ2n) is 9.37. The number of aryl methyl sites for hydroxylation is 2. The normalized spacial score (nSPS) is 22.4. The number of anilines is 1. The summed E-state index contributed by atoms with van der Waals surface area (Å²) in [6.45, 7) is 2.46. The third-order valence-corrected chi connectivity index (χ3v) is 8.91. The Balaban J connectivity index is 1.24. The molecule has 36 heavy (non-hydrogen) atoms. The van der Waals surface area contributed by atoms with Crippen molar-refractivity contribution in [3.05, 3.63) is 59.2 Å². The maximum atomic E-state index is 13.2. The average Bonchev–Trinajstić information content (AvgIpc) is 3.43. The Morgan fingerprint density at radius 3 is 2.47 bits per heavy atom. The average molecular weight is 513 g/mol. The Kier molecular flexibility index (Phi) is 6.31. The van der Waals surface area contributed by atoms with Crippen molar-refractivity contribution < 1.29 is 27.5 Å². The third-order valence-electron chi connectivity index (χ3n) is 7.00. The summed E-state index contributed by atoms with van der Waals surface area (Å²) < 4.78 is 32.1. The predicted molar refractivity (Wildman–Crippen MR) is 131 cm³/mol. The van der Waals surface area contributed by atoms with E-state index in [9.17, 15) is 22.8 Å². The molecule has 1 aliphatic carbocycles. The number of benzene rings is 2. The fraction of sp³-hybridized carbons (Fsp3) is 0.400. The van der Waals surface area contributed by atoms with Gasteiger partial charge < -0.3 is 15.4 Å². The molecule has 0 spiro atoms. The lowest BCUT2D eigenvalue weighted by molar-refractivity contribution is -0.133. The molecule has 10 nitrogen and oxygen atoms in total. The number of morpholine rings is 1. The van der Waals surface area contributed by atoms with Gasteiger partial charge in [-0.25, -0.2) is 13.2 Å². The van der Waals surface area contributed by atoms with Crippen LogP contribution in [0.5, 0.6) is 0 Å². The van der Waals surface area contributed by atoms with E-state index in [0.717, 1.165) is 24.2 Å². The molecule has 4 amide bonds. The van der Waals surface area contributed by atoms with E-state index in [1.165, 1.54) is 39.7 Å². The summed E-state index contributed by atoms with van der Waals surface area (Å²) in [7, 11) is -3.65. The number of hydrogen-bond donors (Lipinski definition) is 2. The van der Waals surface area contributed by atoms with Gasteiger partial charge in [-0.05, 0) is 67.1 Å². The van der Waals surface area contributed by atoms with E-state index in [4.69, 9.17) is 4.74 Å². The molecule has 1 atom stereocenters. The van der Waals surface area contributed by atoms with Gasteiger partial charge in [0, 0.05) is 18.8 Å². The van der Waals surface area contributed by atoms with Crippen LogP contribution in [0.15, 0.2) is 47.4 Å². The van der Waals surface area contributed by atoms with Crippen molar-refractivity contribution in [2.75, 3.05) is 38.2 Å². The van der Waals surface area contributed by atoms with Crippen molar-refractivity contribution in [2.45, 2.75) is 36.6 Å². The number of ether oxygens (including phenoxy) is 1. The van der Waals surface area contributed by atoms with E-state index in [0.29, 0.717) is 24.5 Å². The first kappa shape index (κ1) is 24.4. The van der Waals surface area contributed by atoms with Gasteiger partial charge in [-0.1, -0.05) is 18.2 Å². The number of hydrogen-bond acceptors (Lipinski definition) is 6. The molecular formula is C25H28N4O6S. The highest BCUT2D eigenvalue weighted by Crippen LogP contribution is 2.32. The van der Waals surface area contributed by atoms with Gasteiger partial charge in [-0.15, -0.1) is 0 Å². The molecule has 190 valence electrons. The van der Waals surface area contributed by atoms with Gasteiger partial charge in [-0.3, -0.25) is 14.5 Å². The van der Waals surface area contributed by atoms with Gasteiger partial charge in [0.15, 0.2) is 0 Å². The van der Waals surface area contributed by atoms with Crippen LogP contribution in [0.2, 0.25) is 0 Å². The van der Waals surface area contributed by atoms with Gasteiger partial charge in [0.05, 0.1) is 18.1 Å². The van der Waals surface area contributed by atoms with Gasteiger partial charge in [0.1, 0.15) is 12.1 Å².